The molecule has 2 heterocycles. The molecule has 4 nitrogen and oxygen atoms in total. The molecule has 0 saturated carbocycles. The lowest BCUT2D eigenvalue weighted by molar-refractivity contribution is 0.0357. The van der Waals surface area contributed by atoms with Crippen molar-refractivity contribution in [2.24, 2.45) is 0 Å². The number of aromatic nitrogens is 1. The Morgan fingerprint density at radius 2 is 2.21 bits per heavy atom. The summed E-state index contributed by atoms with van der Waals surface area (Å²) in [4.78, 5) is 6.40. The van der Waals surface area contributed by atoms with E-state index < -0.39 is 0 Å². The van der Waals surface area contributed by atoms with Crippen molar-refractivity contribution in [3.8, 4) is 0 Å². The molecule has 0 amide bonds. The van der Waals surface area contributed by atoms with Crippen molar-refractivity contribution in [3.63, 3.8) is 0 Å². The Bertz CT molecular complexity index is 259. The van der Waals surface area contributed by atoms with Crippen molar-refractivity contribution in [2.75, 3.05) is 33.0 Å². The second-order valence-electron chi connectivity index (χ2n) is 3.22. The maximum atomic E-state index is 5.25. The highest BCUT2D eigenvalue weighted by Crippen LogP contribution is 2.02. The molecular formula is C10H14N3O. The van der Waals surface area contributed by atoms with E-state index in [9.17, 15) is 0 Å². The Hall–Kier alpha value is -1.13. The number of nitrogens with zero attached hydrogens (tertiary/aromatic N) is 3. The summed E-state index contributed by atoms with van der Waals surface area (Å²) in [7, 11) is 0. The molecule has 1 aliphatic rings. The Kier molecular flexibility index (Phi) is 3.32. The molecular weight excluding hydrogens is 178 g/mol. The van der Waals surface area contributed by atoms with Gasteiger partial charge in [0.25, 0.3) is 0 Å². The van der Waals surface area contributed by atoms with Gasteiger partial charge in [-0.25, -0.2) is 4.98 Å². The van der Waals surface area contributed by atoms with Crippen LogP contribution in [0.2, 0.25) is 0 Å². The average molecular weight is 192 g/mol. The summed E-state index contributed by atoms with van der Waals surface area (Å²) in [5, 5.41) is 4.39. The van der Waals surface area contributed by atoms with Crippen LogP contribution in [0.3, 0.4) is 0 Å². The van der Waals surface area contributed by atoms with Gasteiger partial charge >= 0.3 is 0 Å². The fourth-order valence-electron chi connectivity index (χ4n) is 1.36. The van der Waals surface area contributed by atoms with Gasteiger partial charge in [-0.05, 0) is 12.1 Å². The van der Waals surface area contributed by atoms with Gasteiger partial charge in [0.05, 0.1) is 19.9 Å². The van der Waals surface area contributed by atoms with E-state index in [1.807, 2.05) is 18.2 Å². The van der Waals surface area contributed by atoms with Gasteiger partial charge in [0.15, 0.2) is 0 Å². The molecule has 1 radical (unpaired) electrons. The average Bonchev–Trinajstić information content (AvgIpc) is 2.29. The molecule has 1 aromatic rings. The van der Waals surface area contributed by atoms with E-state index in [1.165, 1.54) is 0 Å². The summed E-state index contributed by atoms with van der Waals surface area (Å²) in [5.41, 5.74) is 0. The maximum Gasteiger partial charge on any atom is 0.148 e. The minimum atomic E-state index is 0.723. The van der Waals surface area contributed by atoms with E-state index in [0.29, 0.717) is 0 Å². The van der Waals surface area contributed by atoms with E-state index >= 15 is 0 Å². The van der Waals surface area contributed by atoms with Crippen LogP contribution in [0.15, 0.2) is 24.4 Å². The Morgan fingerprint density at radius 1 is 1.36 bits per heavy atom. The van der Waals surface area contributed by atoms with Crippen molar-refractivity contribution in [1.29, 1.82) is 0 Å². The first-order valence-corrected chi connectivity index (χ1v) is 4.84. The lowest BCUT2D eigenvalue weighted by atomic mass is 10.4. The van der Waals surface area contributed by atoms with Gasteiger partial charge in [-0.3, -0.25) is 10.2 Å². The van der Waals surface area contributed by atoms with Crippen LogP contribution in [0.4, 0.5) is 5.82 Å². The summed E-state index contributed by atoms with van der Waals surface area (Å²) in [6.45, 7) is 4.29. The zero-order chi connectivity index (χ0) is 9.64. The van der Waals surface area contributed by atoms with E-state index in [-0.39, 0.29) is 0 Å². The van der Waals surface area contributed by atoms with Gasteiger partial charge in [0.1, 0.15) is 5.82 Å². The number of rotatable bonds is 3. The number of ether oxygens (including phenoxy) is 1. The zero-order valence-electron chi connectivity index (χ0n) is 8.09. The van der Waals surface area contributed by atoms with Gasteiger partial charge in [-0.1, -0.05) is 6.07 Å². The Balaban J connectivity index is 1.76. The molecule has 0 aliphatic carbocycles. The van der Waals surface area contributed by atoms with Gasteiger partial charge in [-0.2, -0.15) is 0 Å². The molecule has 1 aliphatic heterocycles. The number of hydrogen-bond donors (Lipinski definition) is 0. The maximum absolute atomic E-state index is 5.25. The first-order valence-electron chi connectivity index (χ1n) is 4.84. The van der Waals surface area contributed by atoms with E-state index in [4.69, 9.17) is 4.74 Å². The molecule has 1 aromatic heterocycles. The summed E-state index contributed by atoms with van der Waals surface area (Å²) in [6, 6.07) is 5.76. The lowest BCUT2D eigenvalue weighted by Crippen LogP contribution is -2.39. The first kappa shape index (κ1) is 9.43. The fourth-order valence-corrected chi connectivity index (χ4v) is 1.36. The minimum absolute atomic E-state index is 0.723. The quantitative estimate of drug-likeness (QED) is 0.704. The lowest BCUT2D eigenvalue weighted by Gasteiger charge is -2.25. The van der Waals surface area contributed by atoms with Crippen LogP contribution in [-0.2, 0) is 4.74 Å². The normalized spacial score (nSPS) is 18.0. The smallest absolute Gasteiger partial charge is 0.148 e. The van der Waals surface area contributed by atoms with Crippen LogP contribution in [0.5, 0.6) is 0 Å². The third-order valence-corrected chi connectivity index (χ3v) is 2.19. The van der Waals surface area contributed by atoms with E-state index in [2.05, 4.69) is 15.2 Å². The molecule has 0 bridgehead atoms. The van der Waals surface area contributed by atoms with Crippen LogP contribution in [0.1, 0.15) is 0 Å². The van der Waals surface area contributed by atoms with E-state index in [1.54, 1.807) is 6.20 Å². The number of pyridine rings is 1. The van der Waals surface area contributed by atoms with Crippen LogP contribution in [0, 0.1) is 0 Å². The molecule has 0 aromatic carbocycles. The van der Waals surface area contributed by atoms with Crippen molar-refractivity contribution >= 4 is 5.82 Å². The van der Waals surface area contributed by atoms with Gasteiger partial charge < -0.3 is 4.74 Å². The summed E-state index contributed by atoms with van der Waals surface area (Å²) in [6.07, 6.45) is 1.76. The van der Waals surface area contributed by atoms with Crippen molar-refractivity contribution in [1.82, 2.24) is 15.2 Å². The minimum Gasteiger partial charge on any atom is -0.379 e. The number of morpholine rings is 1. The summed E-state index contributed by atoms with van der Waals surface area (Å²) < 4.78 is 5.25. The largest absolute Gasteiger partial charge is 0.379 e. The SMILES string of the molecule is c1ccc([N]CN2CCOCC2)nc1. The number of hydrogen-bond acceptors (Lipinski definition) is 3. The Labute approximate surface area is 83.9 Å². The van der Waals surface area contributed by atoms with Crippen LogP contribution >= 0.6 is 0 Å². The summed E-state index contributed by atoms with van der Waals surface area (Å²) in [5.74, 6) is 0.805. The van der Waals surface area contributed by atoms with Crippen LogP contribution in [-0.4, -0.2) is 42.9 Å². The van der Waals surface area contributed by atoms with Crippen molar-refractivity contribution in [2.45, 2.75) is 0 Å². The predicted molar refractivity (Wildman–Crippen MR) is 53.3 cm³/mol. The second kappa shape index (κ2) is 4.93. The summed E-state index contributed by atoms with van der Waals surface area (Å²) >= 11 is 0. The van der Waals surface area contributed by atoms with Gasteiger partial charge in [0.2, 0.25) is 0 Å². The third kappa shape index (κ3) is 2.68. The van der Waals surface area contributed by atoms with Crippen molar-refractivity contribution in [3.05, 3.63) is 24.4 Å². The molecule has 0 unspecified atom stereocenters. The third-order valence-electron chi connectivity index (χ3n) is 2.19. The molecule has 1 saturated heterocycles. The van der Waals surface area contributed by atoms with Crippen molar-refractivity contribution < 1.29 is 4.74 Å². The van der Waals surface area contributed by atoms with Gasteiger partial charge in [0, 0.05) is 19.3 Å². The molecule has 1 fully saturated rings. The zero-order valence-corrected chi connectivity index (χ0v) is 8.09. The predicted octanol–water partition coefficient (Wildman–Crippen LogP) is 0.607. The van der Waals surface area contributed by atoms with Crippen LogP contribution in [0.25, 0.3) is 0 Å². The molecule has 2 rings (SSSR count). The molecule has 0 spiro atoms. The standard InChI is InChI=1S/C10H14N3O/c1-2-4-11-10(3-1)12-9-13-5-7-14-8-6-13/h1-4H,5-9H2. The molecule has 4 heteroatoms. The fraction of sp³-hybridized carbons (Fsp3) is 0.500. The van der Waals surface area contributed by atoms with Crippen LogP contribution < -0.4 is 5.32 Å². The first-order chi connectivity index (χ1) is 6.95. The topological polar surface area (TPSA) is 39.5 Å². The molecule has 75 valence electrons. The highest BCUT2D eigenvalue weighted by Gasteiger charge is 2.09. The van der Waals surface area contributed by atoms with Gasteiger partial charge in [-0.15, -0.1) is 0 Å². The van der Waals surface area contributed by atoms with E-state index in [0.717, 1.165) is 38.8 Å². The second-order valence-corrected chi connectivity index (χ2v) is 3.22. The monoisotopic (exact) mass is 192 g/mol. The highest BCUT2D eigenvalue weighted by molar-refractivity contribution is 5.23. The molecule has 0 atom stereocenters. The Morgan fingerprint density at radius 3 is 2.93 bits per heavy atom. The molecule has 0 N–H and O–H groups in total. The highest BCUT2D eigenvalue weighted by atomic mass is 16.5. The molecule has 14 heavy (non-hydrogen) atoms.